The van der Waals surface area contributed by atoms with Gasteiger partial charge in [-0.25, -0.2) is 10.1 Å². The van der Waals surface area contributed by atoms with Gasteiger partial charge in [0.1, 0.15) is 0 Å². The van der Waals surface area contributed by atoms with Crippen LogP contribution in [0.1, 0.15) is 26.7 Å². The van der Waals surface area contributed by atoms with Crippen LogP contribution in [-0.4, -0.2) is 21.9 Å². The van der Waals surface area contributed by atoms with E-state index in [1.807, 2.05) is 0 Å². The molecule has 0 fully saturated rings. The van der Waals surface area contributed by atoms with Crippen molar-refractivity contribution in [1.82, 2.24) is 0 Å². The molecule has 0 aromatic rings. The average molecular weight is 213 g/mol. The van der Waals surface area contributed by atoms with Crippen molar-refractivity contribution in [2.24, 2.45) is 17.0 Å². The molecule has 0 aromatic heterocycles. The van der Waals surface area contributed by atoms with E-state index < -0.39 is 7.75 Å². The monoisotopic (exact) mass is 213 g/mol. The highest BCUT2D eigenvalue weighted by molar-refractivity contribution is 7.49. The molecule has 0 unspecified atom stereocenters. The van der Waals surface area contributed by atoms with Gasteiger partial charge in [0, 0.05) is 12.1 Å². The first-order valence-corrected chi connectivity index (χ1v) is 5.69. The highest BCUT2D eigenvalue weighted by Gasteiger charge is 2.16. The number of nitrogens with two attached hydrogens (primary N) is 3. The van der Waals surface area contributed by atoms with Gasteiger partial charge in [0.25, 0.3) is 0 Å². The molecule has 0 aliphatic rings. The zero-order chi connectivity index (χ0) is 11.1. The maximum absolute atomic E-state index is 9.10. The van der Waals surface area contributed by atoms with Crippen LogP contribution in [0.2, 0.25) is 0 Å². The van der Waals surface area contributed by atoms with Gasteiger partial charge in [-0.05, 0) is 12.8 Å². The standard InChI is InChI=1S/C6H16N2.H4NO3P/c1-3-6(8,4-2)5-7;1-5(2,3)4/h3-5,7-8H2,1-2H3;(H4,1,2,3,4). The second-order valence-corrected chi connectivity index (χ2v) is 4.04. The van der Waals surface area contributed by atoms with Crippen LogP contribution < -0.4 is 17.0 Å². The maximum atomic E-state index is 9.10. The van der Waals surface area contributed by atoms with E-state index in [1.54, 1.807) is 0 Å². The van der Waals surface area contributed by atoms with Crippen LogP contribution in [0.3, 0.4) is 0 Å². The second-order valence-electron chi connectivity index (χ2n) is 2.86. The highest BCUT2D eigenvalue weighted by Crippen LogP contribution is 2.20. The van der Waals surface area contributed by atoms with Gasteiger partial charge in [-0.3, -0.25) is 0 Å². The zero-order valence-corrected chi connectivity index (χ0v) is 9.00. The molecule has 7 heteroatoms. The fraction of sp³-hybridized carbons (Fsp3) is 1.00. The van der Waals surface area contributed by atoms with Crippen LogP contribution in [-0.2, 0) is 4.57 Å². The minimum atomic E-state index is -4.14. The van der Waals surface area contributed by atoms with Crippen LogP contribution in [0.15, 0.2) is 0 Å². The van der Waals surface area contributed by atoms with Crippen molar-refractivity contribution in [2.75, 3.05) is 6.54 Å². The molecular weight excluding hydrogens is 193 g/mol. The summed E-state index contributed by atoms with van der Waals surface area (Å²) in [6, 6.07) is 0. The highest BCUT2D eigenvalue weighted by atomic mass is 31.2. The van der Waals surface area contributed by atoms with Crippen LogP contribution in [0, 0.1) is 0 Å². The molecule has 0 aromatic carbocycles. The van der Waals surface area contributed by atoms with Gasteiger partial charge >= 0.3 is 7.75 Å². The Balaban J connectivity index is 0. The third-order valence-electron chi connectivity index (χ3n) is 1.81. The van der Waals surface area contributed by atoms with Crippen molar-refractivity contribution in [2.45, 2.75) is 32.2 Å². The Morgan fingerprint density at radius 1 is 1.31 bits per heavy atom. The van der Waals surface area contributed by atoms with Crippen molar-refractivity contribution in [3.63, 3.8) is 0 Å². The summed E-state index contributed by atoms with van der Waals surface area (Å²) in [6.45, 7) is 4.73. The molecule has 0 aliphatic carbocycles. The van der Waals surface area contributed by atoms with Gasteiger partial charge < -0.3 is 21.3 Å². The first-order valence-electron chi connectivity index (χ1n) is 4.01. The van der Waals surface area contributed by atoms with E-state index in [4.69, 9.17) is 25.8 Å². The molecule has 0 rings (SSSR count). The van der Waals surface area contributed by atoms with Crippen LogP contribution >= 0.6 is 7.75 Å². The van der Waals surface area contributed by atoms with Gasteiger partial charge in [-0.1, -0.05) is 13.8 Å². The minimum absolute atomic E-state index is 0.0972. The summed E-state index contributed by atoms with van der Waals surface area (Å²) in [5.74, 6) is 0. The van der Waals surface area contributed by atoms with E-state index in [-0.39, 0.29) is 5.54 Å². The van der Waals surface area contributed by atoms with E-state index in [2.05, 4.69) is 19.4 Å². The van der Waals surface area contributed by atoms with Crippen LogP contribution in [0.25, 0.3) is 0 Å². The first-order chi connectivity index (χ1) is 5.68. The predicted octanol–water partition coefficient (Wildman–Crippen LogP) is -0.500. The number of hydrogen-bond donors (Lipinski definition) is 5. The summed E-state index contributed by atoms with van der Waals surface area (Å²) in [4.78, 5) is 14.8. The minimum Gasteiger partial charge on any atom is -0.329 e. The molecule has 0 amide bonds. The lowest BCUT2D eigenvalue weighted by Crippen LogP contribution is -2.45. The fourth-order valence-corrected chi connectivity index (χ4v) is 0.539. The van der Waals surface area contributed by atoms with Gasteiger partial charge in [0.2, 0.25) is 0 Å². The predicted molar refractivity (Wildman–Crippen MR) is 52.8 cm³/mol. The maximum Gasteiger partial charge on any atom is 0.397 e. The van der Waals surface area contributed by atoms with Gasteiger partial charge in [0.05, 0.1) is 0 Å². The Morgan fingerprint density at radius 3 is 1.54 bits per heavy atom. The molecule has 0 saturated carbocycles. The quantitative estimate of drug-likeness (QED) is 0.401. The van der Waals surface area contributed by atoms with E-state index in [0.29, 0.717) is 6.54 Å². The van der Waals surface area contributed by atoms with E-state index >= 15 is 0 Å². The molecule has 13 heavy (non-hydrogen) atoms. The molecular formula is C6H20N3O3P. The summed E-state index contributed by atoms with van der Waals surface area (Å²) in [7, 11) is -4.14. The van der Waals surface area contributed by atoms with Crippen molar-refractivity contribution in [1.29, 1.82) is 0 Å². The molecule has 0 saturated heterocycles. The molecule has 0 radical (unpaired) electrons. The second kappa shape index (κ2) is 6.48. The Kier molecular flexibility index (Phi) is 7.72. The van der Waals surface area contributed by atoms with Crippen molar-refractivity contribution < 1.29 is 14.4 Å². The van der Waals surface area contributed by atoms with Crippen LogP contribution in [0.4, 0.5) is 0 Å². The Morgan fingerprint density at radius 2 is 1.54 bits per heavy atom. The number of hydrogen-bond acceptors (Lipinski definition) is 3. The Labute approximate surface area is 78.7 Å². The summed E-state index contributed by atoms with van der Waals surface area (Å²) < 4.78 is 9.10. The van der Waals surface area contributed by atoms with Crippen molar-refractivity contribution in [3.8, 4) is 0 Å². The molecule has 0 atom stereocenters. The van der Waals surface area contributed by atoms with Crippen LogP contribution in [0.5, 0.6) is 0 Å². The molecule has 0 spiro atoms. The fourth-order valence-electron chi connectivity index (χ4n) is 0.539. The summed E-state index contributed by atoms with van der Waals surface area (Å²) in [6.07, 6.45) is 1.94. The molecule has 8 N–H and O–H groups in total. The summed E-state index contributed by atoms with van der Waals surface area (Å²) >= 11 is 0. The lowest BCUT2D eigenvalue weighted by molar-refractivity contribution is 0.374. The lowest BCUT2D eigenvalue weighted by Gasteiger charge is -2.23. The van der Waals surface area contributed by atoms with Crippen molar-refractivity contribution >= 4 is 7.75 Å². The normalized spacial score (nSPS) is 11.9. The van der Waals surface area contributed by atoms with Gasteiger partial charge in [-0.15, -0.1) is 0 Å². The van der Waals surface area contributed by atoms with Gasteiger partial charge in [0.15, 0.2) is 0 Å². The lowest BCUT2D eigenvalue weighted by atomic mass is 9.95. The Bertz CT molecular complexity index is 150. The largest absolute Gasteiger partial charge is 0.397 e. The topological polar surface area (TPSA) is 136 Å². The van der Waals surface area contributed by atoms with E-state index in [9.17, 15) is 0 Å². The van der Waals surface area contributed by atoms with Crippen molar-refractivity contribution in [3.05, 3.63) is 0 Å². The SMILES string of the molecule is CCC(N)(CC)CN.NP(=O)(O)O. The third kappa shape index (κ3) is 14.8. The molecule has 0 aliphatic heterocycles. The van der Waals surface area contributed by atoms with E-state index in [1.165, 1.54) is 0 Å². The van der Waals surface area contributed by atoms with E-state index in [0.717, 1.165) is 12.8 Å². The summed E-state index contributed by atoms with van der Waals surface area (Å²) in [5.41, 5.74) is 15.1. The molecule has 6 nitrogen and oxygen atoms in total. The third-order valence-corrected chi connectivity index (χ3v) is 1.81. The molecule has 0 heterocycles. The Hall–Kier alpha value is 0.0300. The summed E-state index contributed by atoms with van der Waals surface area (Å²) in [5, 5.41) is 0. The molecule has 82 valence electrons. The number of rotatable bonds is 3. The smallest absolute Gasteiger partial charge is 0.329 e. The zero-order valence-electron chi connectivity index (χ0n) is 8.10. The molecule has 0 bridgehead atoms. The average Bonchev–Trinajstić information content (AvgIpc) is 2.00. The van der Waals surface area contributed by atoms with Gasteiger partial charge in [-0.2, -0.15) is 0 Å². The first kappa shape index (κ1) is 15.5.